The van der Waals surface area contributed by atoms with Gasteiger partial charge in [0.25, 0.3) is 0 Å². The first-order valence-corrected chi connectivity index (χ1v) is 10.7. The Balaban J connectivity index is 2.21. The Morgan fingerprint density at radius 1 is 1.19 bits per heavy atom. The first kappa shape index (κ1) is 21.3. The van der Waals surface area contributed by atoms with Gasteiger partial charge in [0.1, 0.15) is 12.3 Å². The number of rotatable bonds is 7. The average Bonchev–Trinajstić information content (AvgIpc) is 2.54. The number of nitrogens with one attached hydrogen (secondary N) is 1. The molecule has 0 bridgehead atoms. The van der Waals surface area contributed by atoms with Crippen LogP contribution in [0.4, 0.5) is 11.4 Å². The molecular weight excluding hydrogens is 411 g/mol. The zero-order valence-electron chi connectivity index (χ0n) is 15.1. The van der Waals surface area contributed by atoms with E-state index in [2.05, 4.69) is 5.32 Å². The van der Waals surface area contributed by atoms with Gasteiger partial charge in [-0.25, -0.2) is 8.42 Å². The summed E-state index contributed by atoms with van der Waals surface area (Å²) < 4.78 is 30.9. The van der Waals surface area contributed by atoms with E-state index in [9.17, 15) is 13.2 Å². The lowest BCUT2D eigenvalue weighted by Gasteiger charge is -2.23. The van der Waals surface area contributed by atoms with E-state index in [0.29, 0.717) is 16.5 Å². The van der Waals surface area contributed by atoms with Gasteiger partial charge in [-0.2, -0.15) is 0 Å². The van der Waals surface area contributed by atoms with Crippen LogP contribution in [0.3, 0.4) is 0 Å². The normalized spacial score (nSPS) is 11.3. The molecule has 0 fully saturated rings. The molecule has 0 aliphatic carbocycles. The van der Waals surface area contributed by atoms with E-state index in [4.69, 9.17) is 27.9 Å². The van der Waals surface area contributed by atoms with Crippen LogP contribution in [0.2, 0.25) is 10.0 Å². The molecule has 0 spiro atoms. The van der Waals surface area contributed by atoms with Gasteiger partial charge in [0.15, 0.2) is 0 Å². The number of anilines is 2. The van der Waals surface area contributed by atoms with Crippen LogP contribution < -0.4 is 14.4 Å². The number of amides is 1. The number of carbonyl (C=O) groups excluding carboxylic acids is 1. The summed E-state index contributed by atoms with van der Waals surface area (Å²) in [5.74, 6) is 0.0684. The first-order valence-electron chi connectivity index (χ1n) is 8.05. The molecule has 0 heterocycles. The van der Waals surface area contributed by atoms with E-state index in [-0.39, 0.29) is 16.8 Å². The van der Waals surface area contributed by atoms with Crippen molar-refractivity contribution in [3.63, 3.8) is 0 Å². The first-order chi connectivity index (χ1) is 12.6. The number of sulfonamides is 1. The van der Waals surface area contributed by atoms with Crippen molar-refractivity contribution in [1.29, 1.82) is 0 Å². The summed E-state index contributed by atoms with van der Waals surface area (Å²) in [6.45, 7) is 3.34. The maximum atomic E-state index is 12.4. The number of halogens is 2. The third kappa shape index (κ3) is 6.30. The average molecular weight is 431 g/mol. The molecular formula is C18H20Cl2N2O4S. The van der Waals surface area contributed by atoms with Crippen LogP contribution in [-0.4, -0.2) is 33.2 Å². The summed E-state index contributed by atoms with van der Waals surface area (Å²) >= 11 is 12.0. The van der Waals surface area contributed by atoms with E-state index in [1.54, 1.807) is 24.3 Å². The third-order valence-corrected chi connectivity index (χ3v) is 5.04. The smallest absolute Gasteiger partial charge is 0.245 e. The molecule has 9 heteroatoms. The standard InChI is InChI=1S/C18H20Cl2N2O4S/c1-12(2)26-15-6-4-5-14(10-15)21-18(23)11-22(27(3,24)25)17-9-13(19)7-8-16(17)20/h4-10,12H,11H2,1-3H3,(H,21,23). The number of carbonyl (C=O) groups is 1. The predicted molar refractivity (Wildman–Crippen MR) is 109 cm³/mol. The van der Waals surface area contributed by atoms with Gasteiger partial charge < -0.3 is 10.1 Å². The quantitative estimate of drug-likeness (QED) is 0.714. The molecule has 2 rings (SSSR count). The van der Waals surface area contributed by atoms with Crippen molar-refractivity contribution >= 4 is 50.5 Å². The van der Waals surface area contributed by atoms with Gasteiger partial charge in [-0.3, -0.25) is 9.10 Å². The molecule has 27 heavy (non-hydrogen) atoms. The van der Waals surface area contributed by atoms with Crippen LogP contribution in [0, 0.1) is 0 Å². The molecule has 0 saturated carbocycles. The van der Waals surface area contributed by atoms with Crippen LogP contribution in [0.1, 0.15) is 13.8 Å². The molecule has 0 atom stereocenters. The molecule has 0 aliphatic heterocycles. The van der Waals surface area contributed by atoms with Crippen LogP contribution in [0.15, 0.2) is 42.5 Å². The minimum Gasteiger partial charge on any atom is -0.491 e. The van der Waals surface area contributed by atoms with Crippen molar-refractivity contribution < 1.29 is 17.9 Å². The molecule has 1 amide bonds. The lowest BCUT2D eigenvalue weighted by molar-refractivity contribution is -0.114. The summed E-state index contributed by atoms with van der Waals surface area (Å²) in [6, 6.07) is 11.3. The molecule has 2 aromatic carbocycles. The summed E-state index contributed by atoms with van der Waals surface area (Å²) in [5, 5.41) is 3.14. The van der Waals surface area contributed by atoms with Gasteiger partial charge in [-0.05, 0) is 44.2 Å². The fourth-order valence-electron chi connectivity index (χ4n) is 2.31. The second kappa shape index (κ2) is 8.82. The van der Waals surface area contributed by atoms with E-state index in [1.165, 1.54) is 18.2 Å². The second-order valence-corrected chi connectivity index (χ2v) is 8.86. The topological polar surface area (TPSA) is 75.7 Å². The van der Waals surface area contributed by atoms with Gasteiger partial charge in [0.05, 0.1) is 23.1 Å². The Morgan fingerprint density at radius 2 is 1.89 bits per heavy atom. The Morgan fingerprint density at radius 3 is 2.52 bits per heavy atom. The Bertz CT molecular complexity index is 933. The minimum atomic E-state index is -3.76. The van der Waals surface area contributed by atoms with Crippen LogP contribution in [0.5, 0.6) is 5.75 Å². The summed E-state index contributed by atoms with van der Waals surface area (Å²) in [5.41, 5.74) is 0.627. The number of nitrogens with zero attached hydrogens (tertiary/aromatic N) is 1. The van der Waals surface area contributed by atoms with Crippen molar-refractivity contribution in [1.82, 2.24) is 0 Å². The minimum absolute atomic E-state index is 0.0124. The van der Waals surface area contributed by atoms with Gasteiger partial charge >= 0.3 is 0 Å². The lowest BCUT2D eigenvalue weighted by Crippen LogP contribution is -2.37. The highest BCUT2D eigenvalue weighted by Gasteiger charge is 2.23. The highest BCUT2D eigenvalue weighted by molar-refractivity contribution is 7.92. The molecule has 146 valence electrons. The molecule has 0 unspecified atom stereocenters. The Labute approximate surface area is 169 Å². The van der Waals surface area contributed by atoms with E-state index < -0.39 is 22.5 Å². The SMILES string of the molecule is CC(C)Oc1cccc(NC(=O)CN(c2cc(Cl)ccc2Cl)S(C)(=O)=O)c1. The maximum Gasteiger partial charge on any atom is 0.245 e. The van der Waals surface area contributed by atoms with Gasteiger partial charge in [-0.15, -0.1) is 0 Å². The van der Waals surface area contributed by atoms with E-state index in [0.717, 1.165) is 10.6 Å². The van der Waals surface area contributed by atoms with Gasteiger partial charge in [0.2, 0.25) is 15.9 Å². The van der Waals surface area contributed by atoms with E-state index >= 15 is 0 Å². The van der Waals surface area contributed by atoms with Gasteiger partial charge in [-0.1, -0.05) is 29.3 Å². The summed E-state index contributed by atoms with van der Waals surface area (Å²) in [6.07, 6.45) is 0.982. The third-order valence-electron chi connectivity index (χ3n) is 3.35. The van der Waals surface area contributed by atoms with E-state index in [1.807, 2.05) is 13.8 Å². The van der Waals surface area contributed by atoms with Gasteiger partial charge in [0, 0.05) is 16.8 Å². The maximum absolute atomic E-state index is 12.4. The van der Waals surface area contributed by atoms with Crippen molar-refractivity contribution in [2.75, 3.05) is 22.4 Å². The van der Waals surface area contributed by atoms with Crippen molar-refractivity contribution in [3.05, 3.63) is 52.5 Å². The largest absolute Gasteiger partial charge is 0.491 e. The number of ether oxygens (including phenoxy) is 1. The number of benzene rings is 2. The highest BCUT2D eigenvalue weighted by atomic mass is 35.5. The van der Waals surface area contributed by atoms with Crippen LogP contribution in [-0.2, 0) is 14.8 Å². The predicted octanol–water partition coefficient (Wildman–Crippen LogP) is 4.19. The second-order valence-electron chi connectivity index (χ2n) is 6.11. The fourth-order valence-corrected chi connectivity index (χ4v) is 3.60. The molecule has 6 nitrogen and oxygen atoms in total. The Hall–Kier alpha value is -1.96. The van der Waals surface area contributed by atoms with Crippen LogP contribution >= 0.6 is 23.2 Å². The molecule has 1 N–H and O–H groups in total. The summed E-state index contributed by atoms with van der Waals surface area (Å²) in [4.78, 5) is 12.4. The monoisotopic (exact) mass is 430 g/mol. The molecule has 0 aliphatic rings. The molecule has 0 radical (unpaired) electrons. The van der Waals surface area contributed by atoms with Crippen LogP contribution in [0.25, 0.3) is 0 Å². The van der Waals surface area contributed by atoms with Crippen molar-refractivity contribution in [2.45, 2.75) is 20.0 Å². The zero-order valence-corrected chi connectivity index (χ0v) is 17.4. The highest BCUT2D eigenvalue weighted by Crippen LogP contribution is 2.30. The molecule has 0 saturated heterocycles. The number of hydrogen-bond donors (Lipinski definition) is 1. The fraction of sp³-hybridized carbons (Fsp3) is 0.278. The molecule has 2 aromatic rings. The zero-order chi connectivity index (χ0) is 20.2. The Kier molecular flexibility index (Phi) is 6.97. The number of hydrogen-bond acceptors (Lipinski definition) is 4. The van der Waals surface area contributed by atoms with Crippen molar-refractivity contribution in [3.8, 4) is 5.75 Å². The van der Waals surface area contributed by atoms with Crippen molar-refractivity contribution in [2.24, 2.45) is 0 Å². The lowest BCUT2D eigenvalue weighted by atomic mass is 10.3. The summed E-state index contributed by atoms with van der Waals surface area (Å²) in [7, 11) is -3.76. The molecule has 0 aromatic heterocycles.